The summed E-state index contributed by atoms with van der Waals surface area (Å²) in [6.45, 7) is 10.6. The first kappa shape index (κ1) is 31.6. The minimum absolute atomic E-state index is 0. The van der Waals surface area contributed by atoms with Crippen LogP contribution in [-0.4, -0.2) is 56.5 Å². The number of carbonyl (C=O) groups is 3. The third-order valence-corrected chi connectivity index (χ3v) is 4.57. The van der Waals surface area contributed by atoms with Gasteiger partial charge >= 0.3 is 69.3 Å². The van der Waals surface area contributed by atoms with Gasteiger partial charge in [0.05, 0.1) is 12.4 Å². The normalized spacial score (nSPS) is 11.1. The number of rotatable bonds is 14. The van der Waals surface area contributed by atoms with E-state index in [0.717, 1.165) is 0 Å². The standard InChI is InChI=1S/C19H30O9S.K.H/c1-14(2)16(20)27-12-19(5,13-28-17(21)15(3)4)18(22)26-10-8-6-7-9-11-29(23,24)25;;/h1,3,6-13H2,2,4-5H3,(H,23,24,25);;/q;+1;-1. The second kappa shape index (κ2) is 15.3. The molecule has 0 aliphatic heterocycles. The first-order valence-corrected chi connectivity index (χ1v) is 10.7. The Balaban J connectivity index is -0.00000392. The van der Waals surface area contributed by atoms with Gasteiger partial charge in [0.2, 0.25) is 0 Å². The summed E-state index contributed by atoms with van der Waals surface area (Å²) < 4.78 is 45.2. The van der Waals surface area contributed by atoms with E-state index in [2.05, 4.69) is 13.2 Å². The fourth-order valence-electron chi connectivity index (χ4n) is 1.93. The SMILES string of the molecule is C=C(C)C(=O)OCC(C)(COC(=O)C(=C)C)C(=O)OCCCCCCS(=O)(=O)O.[H-].[K+]. The van der Waals surface area contributed by atoms with Crippen LogP contribution in [0.1, 0.15) is 47.9 Å². The number of carbonyl (C=O) groups excluding carboxylic acids is 3. The number of unbranched alkanes of at least 4 members (excludes halogenated alkanes) is 3. The predicted molar refractivity (Wildman–Crippen MR) is 107 cm³/mol. The van der Waals surface area contributed by atoms with Crippen molar-refractivity contribution in [3.8, 4) is 0 Å². The Morgan fingerprint density at radius 1 is 0.900 bits per heavy atom. The van der Waals surface area contributed by atoms with Crippen LogP contribution < -0.4 is 51.4 Å². The maximum atomic E-state index is 12.5. The van der Waals surface area contributed by atoms with E-state index in [1.165, 1.54) is 20.8 Å². The second-order valence-electron chi connectivity index (χ2n) is 7.11. The van der Waals surface area contributed by atoms with E-state index in [9.17, 15) is 22.8 Å². The maximum Gasteiger partial charge on any atom is 1.00 e. The van der Waals surface area contributed by atoms with E-state index in [4.69, 9.17) is 18.8 Å². The first-order chi connectivity index (χ1) is 13.3. The Bertz CT molecular complexity index is 705. The summed E-state index contributed by atoms with van der Waals surface area (Å²) in [6, 6.07) is 0. The van der Waals surface area contributed by atoms with Crippen LogP contribution in [-0.2, 0) is 38.7 Å². The zero-order chi connectivity index (χ0) is 22.7. The summed E-state index contributed by atoms with van der Waals surface area (Å²) in [6.07, 6.45) is 1.92. The smallest absolute Gasteiger partial charge is 1.00 e. The van der Waals surface area contributed by atoms with Crippen molar-refractivity contribution in [2.24, 2.45) is 5.41 Å². The summed E-state index contributed by atoms with van der Waals surface area (Å²) >= 11 is 0. The van der Waals surface area contributed by atoms with Gasteiger partial charge in [-0.3, -0.25) is 9.35 Å². The van der Waals surface area contributed by atoms with Gasteiger partial charge in [0.15, 0.2) is 0 Å². The van der Waals surface area contributed by atoms with Crippen molar-refractivity contribution in [3.63, 3.8) is 0 Å². The van der Waals surface area contributed by atoms with Gasteiger partial charge in [-0.1, -0.05) is 26.0 Å². The van der Waals surface area contributed by atoms with Crippen molar-refractivity contribution in [2.75, 3.05) is 25.6 Å². The summed E-state index contributed by atoms with van der Waals surface area (Å²) in [5.41, 5.74) is -1.10. The van der Waals surface area contributed by atoms with Gasteiger partial charge in [-0.25, -0.2) is 9.59 Å². The number of ether oxygens (including phenoxy) is 3. The molecule has 0 aliphatic carbocycles. The van der Waals surface area contributed by atoms with Crippen molar-refractivity contribution in [2.45, 2.75) is 46.5 Å². The third kappa shape index (κ3) is 14.4. The molecule has 168 valence electrons. The molecule has 0 amide bonds. The van der Waals surface area contributed by atoms with Crippen molar-refractivity contribution in [1.29, 1.82) is 0 Å². The Labute approximate surface area is 222 Å². The van der Waals surface area contributed by atoms with Crippen LogP contribution in [0, 0.1) is 5.41 Å². The average molecular weight is 475 g/mol. The largest absolute Gasteiger partial charge is 1.00 e. The van der Waals surface area contributed by atoms with Gasteiger partial charge in [0.1, 0.15) is 18.6 Å². The van der Waals surface area contributed by atoms with Gasteiger partial charge in [-0.2, -0.15) is 8.42 Å². The van der Waals surface area contributed by atoms with E-state index in [1.54, 1.807) is 0 Å². The summed E-state index contributed by atoms with van der Waals surface area (Å²) in [4.78, 5) is 35.8. The molecular weight excluding hydrogens is 443 g/mol. The summed E-state index contributed by atoms with van der Waals surface area (Å²) in [7, 11) is -3.97. The Morgan fingerprint density at radius 3 is 1.73 bits per heavy atom. The predicted octanol–water partition coefficient (Wildman–Crippen LogP) is -0.661. The van der Waals surface area contributed by atoms with Crippen molar-refractivity contribution < 1.29 is 94.4 Å². The van der Waals surface area contributed by atoms with Gasteiger partial charge in [-0.05, 0) is 33.6 Å². The van der Waals surface area contributed by atoms with Crippen molar-refractivity contribution in [3.05, 3.63) is 24.3 Å². The molecule has 0 aromatic carbocycles. The van der Waals surface area contributed by atoms with E-state index in [1.807, 2.05) is 0 Å². The molecule has 0 unspecified atom stereocenters. The average Bonchev–Trinajstić information content (AvgIpc) is 2.61. The molecule has 9 nitrogen and oxygen atoms in total. The molecule has 0 bridgehead atoms. The van der Waals surface area contributed by atoms with Crippen LogP contribution in [0.2, 0.25) is 0 Å². The Kier molecular flexibility index (Phi) is 16.1. The fourth-order valence-corrected chi connectivity index (χ4v) is 2.50. The molecule has 0 rings (SSSR count). The first-order valence-electron chi connectivity index (χ1n) is 9.06. The number of hydrogen-bond acceptors (Lipinski definition) is 8. The van der Waals surface area contributed by atoms with Crippen LogP contribution in [0.25, 0.3) is 0 Å². The Morgan fingerprint density at radius 2 is 1.33 bits per heavy atom. The second-order valence-corrected chi connectivity index (χ2v) is 8.68. The molecule has 0 radical (unpaired) electrons. The summed E-state index contributed by atoms with van der Waals surface area (Å²) in [5.74, 6) is -2.39. The van der Waals surface area contributed by atoms with Crippen LogP contribution >= 0.6 is 0 Å². The van der Waals surface area contributed by atoms with Crippen molar-refractivity contribution >= 4 is 28.0 Å². The van der Waals surface area contributed by atoms with Gasteiger partial charge in [-0.15, -0.1) is 0 Å². The molecular formula is C19H31KO9S. The van der Waals surface area contributed by atoms with Crippen LogP contribution in [0.4, 0.5) is 0 Å². The van der Waals surface area contributed by atoms with Gasteiger partial charge in [0, 0.05) is 11.1 Å². The molecule has 0 aliphatic rings. The van der Waals surface area contributed by atoms with E-state index < -0.39 is 33.4 Å². The van der Waals surface area contributed by atoms with E-state index in [0.29, 0.717) is 25.7 Å². The van der Waals surface area contributed by atoms with E-state index in [-0.39, 0.29) is 89.5 Å². The molecule has 0 spiro atoms. The molecule has 30 heavy (non-hydrogen) atoms. The molecule has 0 aromatic rings. The molecule has 0 heterocycles. The molecule has 0 saturated carbocycles. The van der Waals surface area contributed by atoms with Crippen LogP contribution in [0.3, 0.4) is 0 Å². The topological polar surface area (TPSA) is 133 Å². The third-order valence-electron chi connectivity index (χ3n) is 3.76. The minimum atomic E-state index is -3.97. The number of hydrogen-bond donors (Lipinski definition) is 1. The van der Waals surface area contributed by atoms with E-state index >= 15 is 0 Å². The maximum absolute atomic E-state index is 12.5. The van der Waals surface area contributed by atoms with Gasteiger partial charge < -0.3 is 15.6 Å². The van der Waals surface area contributed by atoms with Gasteiger partial charge in [0.25, 0.3) is 10.1 Å². The Hall–Kier alpha value is -0.564. The summed E-state index contributed by atoms with van der Waals surface area (Å²) in [5, 5.41) is 0. The quantitative estimate of drug-likeness (QED) is 0.0869. The van der Waals surface area contributed by atoms with Crippen molar-refractivity contribution in [1.82, 2.24) is 0 Å². The monoisotopic (exact) mass is 474 g/mol. The molecule has 1 N–H and O–H groups in total. The van der Waals surface area contributed by atoms with Crippen LogP contribution in [0.5, 0.6) is 0 Å². The molecule has 0 aromatic heterocycles. The van der Waals surface area contributed by atoms with Crippen LogP contribution in [0.15, 0.2) is 24.3 Å². The molecule has 0 saturated heterocycles. The zero-order valence-corrected chi connectivity index (χ0v) is 22.1. The number of esters is 3. The molecule has 0 atom stereocenters. The molecule has 0 fully saturated rings. The molecule has 11 heteroatoms. The fraction of sp³-hybridized carbons (Fsp3) is 0.632. The minimum Gasteiger partial charge on any atom is -1.00 e. The zero-order valence-electron chi connectivity index (χ0n) is 19.2.